The fourth-order valence-corrected chi connectivity index (χ4v) is 2.85. The molecule has 0 radical (unpaired) electrons. The molecule has 0 saturated carbocycles. The zero-order valence-electron chi connectivity index (χ0n) is 10.2. The molecular formula is C10H12F3N3O2S. The van der Waals surface area contributed by atoms with Gasteiger partial charge in [0.05, 0.1) is 11.3 Å². The van der Waals surface area contributed by atoms with Crippen LogP contribution in [0.25, 0.3) is 0 Å². The molecule has 0 unspecified atom stereocenters. The summed E-state index contributed by atoms with van der Waals surface area (Å²) in [5.74, 6) is -0.972. The molecular weight excluding hydrogens is 283 g/mol. The van der Waals surface area contributed by atoms with Crippen LogP contribution in [0.1, 0.15) is 30.7 Å². The van der Waals surface area contributed by atoms with Crippen molar-refractivity contribution in [1.29, 1.82) is 0 Å². The van der Waals surface area contributed by atoms with Crippen molar-refractivity contribution >= 4 is 23.5 Å². The third-order valence-corrected chi connectivity index (χ3v) is 3.94. The average molecular weight is 295 g/mol. The standard InChI is InChI=1S/C10H12F3N3O2S/c1-4(2)16-8-6(9(18)15-16)7(10(11,12)13)19-3-5(17)14-8/h4,7H,3H2,1-2H3,(H,14,17)(H,15,18)/t7-/m0/s1. The summed E-state index contributed by atoms with van der Waals surface area (Å²) in [6, 6.07) is -0.270. The smallest absolute Gasteiger partial charge is 0.310 e. The average Bonchev–Trinajstić information content (AvgIpc) is 2.47. The van der Waals surface area contributed by atoms with Crippen LogP contribution in [0.4, 0.5) is 19.0 Å². The molecule has 2 N–H and O–H groups in total. The highest BCUT2D eigenvalue weighted by atomic mass is 32.2. The van der Waals surface area contributed by atoms with Gasteiger partial charge >= 0.3 is 6.18 Å². The minimum atomic E-state index is -4.58. The van der Waals surface area contributed by atoms with Crippen LogP contribution in [0.2, 0.25) is 0 Å². The number of halogens is 3. The predicted molar refractivity (Wildman–Crippen MR) is 65.3 cm³/mol. The Labute approximate surface area is 110 Å². The van der Waals surface area contributed by atoms with Crippen molar-refractivity contribution in [3.05, 3.63) is 15.9 Å². The number of carbonyl (C=O) groups is 1. The van der Waals surface area contributed by atoms with Crippen LogP contribution < -0.4 is 10.9 Å². The van der Waals surface area contributed by atoms with Crippen molar-refractivity contribution in [2.24, 2.45) is 0 Å². The molecule has 1 aromatic heterocycles. The highest BCUT2D eigenvalue weighted by Crippen LogP contribution is 2.46. The number of H-pyrrole nitrogens is 1. The number of fused-ring (bicyclic) bond motifs is 1. The molecule has 0 fully saturated rings. The van der Waals surface area contributed by atoms with Gasteiger partial charge in [0.1, 0.15) is 11.1 Å². The van der Waals surface area contributed by atoms with E-state index < -0.39 is 28.5 Å². The quantitative estimate of drug-likeness (QED) is 0.833. The van der Waals surface area contributed by atoms with E-state index in [1.54, 1.807) is 13.8 Å². The lowest BCUT2D eigenvalue weighted by molar-refractivity contribution is -0.129. The number of amides is 1. The van der Waals surface area contributed by atoms with E-state index in [1.807, 2.05) is 0 Å². The van der Waals surface area contributed by atoms with Crippen molar-refractivity contribution in [3.63, 3.8) is 0 Å². The van der Waals surface area contributed by atoms with E-state index in [2.05, 4.69) is 10.4 Å². The Kier molecular flexibility index (Phi) is 3.41. The van der Waals surface area contributed by atoms with Crippen molar-refractivity contribution < 1.29 is 18.0 Å². The maximum atomic E-state index is 13.0. The fourth-order valence-electron chi connectivity index (χ4n) is 1.89. The number of rotatable bonds is 1. The van der Waals surface area contributed by atoms with Crippen LogP contribution in [0.15, 0.2) is 4.79 Å². The van der Waals surface area contributed by atoms with Crippen molar-refractivity contribution in [1.82, 2.24) is 9.78 Å². The molecule has 5 nitrogen and oxygen atoms in total. The van der Waals surface area contributed by atoms with Crippen LogP contribution >= 0.6 is 11.8 Å². The minimum absolute atomic E-state index is 0.0858. The van der Waals surface area contributed by atoms with E-state index in [1.165, 1.54) is 4.68 Å². The second-order valence-electron chi connectivity index (χ2n) is 4.45. The summed E-state index contributed by atoms with van der Waals surface area (Å²) in [6.07, 6.45) is -4.58. The Balaban J connectivity index is 2.64. The third-order valence-electron chi connectivity index (χ3n) is 2.68. The lowest BCUT2D eigenvalue weighted by atomic mass is 10.2. The van der Waals surface area contributed by atoms with Gasteiger partial charge in [-0.1, -0.05) is 0 Å². The number of hydrogen-bond acceptors (Lipinski definition) is 3. The molecule has 9 heteroatoms. The molecule has 0 bridgehead atoms. The van der Waals surface area contributed by atoms with Gasteiger partial charge in [-0.3, -0.25) is 19.4 Å². The Morgan fingerprint density at radius 3 is 2.53 bits per heavy atom. The highest BCUT2D eigenvalue weighted by molar-refractivity contribution is 8.00. The van der Waals surface area contributed by atoms with Gasteiger partial charge in [0.2, 0.25) is 5.91 Å². The fraction of sp³-hybridized carbons (Fsp3) is 0.600. The second-order valence-corrected chi connectivity index (χ2v) is 5.54. The number of aromatic nitrogens is 2. The predicted octanol–water partition coefficient (Wildman–Crippen LogP) is 2.05. The van der Waals surface area contributed by atoms with Crippen molar-refractivity contribution in [2.75, 3.05) is 11.1 Å². The molecule has 106 valence electrons. The Bertz CT molecular complexity index is 561. The summed E-state index contributed by atoms with van der Waals surface area (Å²) < 4.78 is 40.2. The van der Waals surface area contributed by atoms with Crippen LogP contribution in [0, 0.1) is 0 Å². The number of alkyl halides is 3. The van der Waals surface area contributed by atoms with E-state index in [-0.39, 0.29) is 17.6 Å². The first-order valence-electron chi connectivity index (χ1n) is 5.54. The number of carbonyl (C=O) groups excluding carboxylic acids is 1. The zero-order chi connectivity index (χ0) is 14.4. The van der Waals surface area contributed by atoms with E-state index in [0.29, 0.717) is 11.8 Å². The molecule has 2 heterocycles. The van der Waals surface area contributed by atoms with Gasteiger partial charge in [-0.25, -0.2) is 0 Å². The van der Waals surface area contributed by atoms with Gasteiger partial charge in [0.25, 0.3) is 5.56 Å². The first-order chi connectivity index (χ1) is 8.71. The zero-order valence-corrected chi connectivity index (χ0v) is 11.0. The van der Waals surface area contributed by atoms with Crippen LogP contribution in [-0.2, 0) is 4.79 Å². The summed E-state index contributed by atoms with van der Waals surface area (Å²) in [6.45, 7) is 3.39. The van der Waals surface area contributed by atoms with E-state index in [4.69, 9.17) is 0 Å². The number of aromatic amines is 1. The maximum absolute atomic E-state index is 13.0. The first-order valence-corrected chi connectivity index (χ1v) is 6.59. The summed E-state index contributed by atoms with van der Waals surface area (Å²) in [4.78, 5) is 23.2. The highest BCUT2D eigenvalue weighted by Gasteiger charge is 2.46. The van der Waals surface area contributed by atoms with Gasteiger partial charge in [0, 0.05) is 6.04 Å². The van der Waals surface area contributed by atoms with Crippen LogP contribution in [0.3, 0.4) is 0 Å². The molecule has 1 aromatic rings. The number of anilines is 1. The topological polar surface area (TPSA) is 66.9 Å². The number of nitrogens with zero attached hydrogens (tertiary/aromatic N) is 1. The molecule has 2 rings (SSSR count). The van der Waals surface area contributed by atoms with Gasteiger partial charge < -0.3 is 5.32 Å². The number of thioether (sulfide) groups is 1. The Morgan fingerprint density at radius 1 is 1.37 bits per heavy atom. The van der Waals surface area contributed by atoms with Crippen molar-refractivity contribution in [3.8, 4) is 0 Å². The van der Waals surface area contributed by atoms with Gasteiger partial charge in [0.15, 0.2) is 0 Å². The van der Waals surface area contributed by atoms with Crippen molar-refractivity contribution in [2.45, 2.75) is 31.3 Å². The Morgan fingerprint density at radius 2 is 2.00 bits per heavy atom. The largest absolute Gasteiger partial charge is 0.404 e. The van der Waals surface area contributed by atoms with Crippen LogP contribution in [0.5, 0.6) is 0 Å². The van der Waals surface area contributed by atoms with E-state index in [0.717, 1.165) is 0 Å². The molecule has 1 aliphatic heterocycles. The van der Waals surface area contributed by atoms with Gasteiger partial charge in [-0.2, -0.15) is 13.2 Å². The van der Waals surface area contributed by atoms with Crippen LogP contribution in [-0.4, -0.2) is 27.6 Å². The molecule has 1 amide bonds. The van der Waals surface area contributed by atoms with E-state index >= 15 is 0 Å². The molecule has 0 spiro atoms. The normalized spacial score (nSPS) is 20.1. The SMILES string of the molecule is CC(C)n1[nH]c(=O)c2c1NC(=O)CS[C@@H]2C(F)(F)F. The summed E-state index contributed by atoms with van der Waals surface area (Å²) >= 11 is 0.411. The Hall–Kier alpha value is -1.38. The summed E-state index contributed by atoms with van der Waals surface area (Å²) in [5.41, 5.74) is -1.25. The first kappa shape index (κ1) is 14.0. The van der Waals surface area contributed by atoms with E-state index in [9.17, 15) is 22.8 Å². The van der Waals surface area contributed by atoms with Gasteiger partial charge in [-0.15, -0.1) is 11.8 Å². The molecule has 0 aliphatic carbocycles. The second kappa shape index (κ2) is 4.62. The molecule has 0 aromatic carbocycles. The van der Waals surface area contributed by atoms with Gasteiger partial charge in [-0.05, 0) is 13.8 Å². The minimum Gasteiger partial charge on any atom is -0.310 e. The molecule has 1 aliphatic rings. The number of nitrogens with one attached hydrogen (secondary N) is 2. The number of hydrogen-bond donors (Lipinski definition) is 2. The molecule has 1 atom stereocenters. The lowest BCUT2D eigenvalue weighted by Crippen LogP contribution is -2.23. The monoisotopic (exact) mass is 295 g/mol. The molecule has 19 heavy (non-hydrogen) atoms. The third kappa shape index (κ3) is 2.51. The lowest BCUT2D eigenvalue weighted by Gasteiger charge is -2.17. The summed E-state index contributed by atoms with van der Waals surface area (Å²) in [7, 11) is 0. The molecule has 0 saturated heterocycles. The summed E-state index contributed by atoms with van der Waals surface area (Å²) in [5, 5.41) is 2.71. The maximum Gasteiger partial charge on any atom is 0.404 e.